The highest BCUT2D eigenvalue weighted by Gasteiger charge is 1.98. The molecule has 3 aromatic rings. The zero-order valence-corrected chi connectivity index (χ0v) is 12.8. The summed E-state index contributed by atoms with van der Waals surface area (Å²) in [6.45, 7) is 0. The zero-order valence-electron chi connectivity index (χ0n) is 12.8. The van der Waals surface area contributed by atoms with Crippen molar-refractivity contribution in [2.24, 2.45) is 0 Å². The van der Waals surface area contributed by atoms with E-state index in [1.54, 1.807) is 12.3 Å². The molecular formula is C22H12N2. The first-order chi connectivity index (χ1) is 11.9. The van der Waals surface area contributed by atoms with E-state index in [0.29, 0.717) is 11.1 Å². The Morgan fingerprint density at radius 3 is 1.62 bits per heavy atom. The van der Waals surface area contributed by atoms with Crippen LogP contribution in [0, 0.1) is 35.0 Å². The lowest BCUT2D eigenvalue weighted by molar-refractivity contribution is 1.29. The van der Waals surface area contributed by atoms with Crippen LogP contribution in [0.4, 0.5) is 0 Å². The number of hydrogen-bond donors (Lipinski definition) is 0. The quantitative estimate of drug-likeness (QED) is 0.593. The lowest BCUT2D eigenvalue weighted by Crippen LogP contribution is -1.86. The van der Waals surface area contributed by atoms with Gasteiger partial charge in [-0.05, 0) is 42.3 Å². The van der Waals surface area contributed by atoms with E-state index in [0.717, 1.165) is 16.8 Å². The first-order valence-electron chi connectivity index (χ1n) is 7.40. The van der Waals surface area contributed by atoms with Crippen LogP contribution in [0.5, 0.6) is 0 Å². The summed E-state index contributed by atoms with van der Waals surface area (Å²) in [4.78, 5) is 4.19. The Kier molecular flexibility index (Phi) is 4.70. The molecule has 0 aliphatic rings. The van der Waals surface area contributed by atoms with Gasteiger partial charge in [-0.1, -0.05) is 48.1 Å². The molecule has 1 heterocycles. The predicted molar refractivity (Wildman–Crippen MR) is 93.8 cm³/mol. The van der Waals surface area contributed by atoms with Crippen molar-refractivity contribution in [2.45, 2.75) is 0 Å². The molecule has 110 valence electrons. The first-order valence-corrected chi connectivity index (χ1v) is 7.40. The fourth-order valence-corrected chi connectivity index (χ4v) is 2.09. The van der Waals surface area contributed by atoms with Crippen LogP contribution in [-0.4, -0.2) is 4.98 Å². The maximum absolute atomic E-state index is 9.13. The lowest BCUT2D eigenvalue weighted by Gasteiger charge is -1.96. The molecule has 0 bridgehead atoms. The molecule has 0 saturated carbocycles. The number of aromatic nitrogens is 1. The summed E-state index contributed by atoms with van der Waals surface area (Å²) in [5, 5.41) is 9.13. The molecule has 0 aliphatic carbocycles. The topological polar surface area (TPSA) is 36.7 Å². The van der Waals surface area contributed by atoms with E-state index in [2.05, 4.69) is 34.7 Å². The van der Waals surface area contributed by atoms with Gasteiger partial charge in [-0.25, -0.2) is 4.98 Å². The molecule has 0 N–H and O–H groups in total. The van der Waals surface area contributed by atoms with Gasteiger partial charge in [0.1, 0.15) is 11.8 Å². The van der Waals surface area contributed by atoms with Gasteiger partial charge in [0.15, 0.2) is 0 Å². The Hall–Kier alpha value is -3.80. The van der Waals surface area contributed by atoms with E-state index in [1.807, 2.05) is 60.7 Å². The minimum atomic E-state index is 0.571. The van der Waals surface area contributed by atoms with Crippen molar-refractivity contribution in [3.05, 3.63) is 101 Å². The van der Waals surface area contributed by atoms with Gasteiger partial charge in [-0.3, -0.25) is 0 Å². The van der Waals surface area contributed by atoms with Gasteiger partial charge >= 0.3 is 0 Å². The molecule has 24 heavy (non-hydrogen) atoms. The third-order valence-corrected chi connectivity index (χ3v) is 3.30. The molecular weight excluding hydrogens is 292 g/mol. The Labute approximate surface area is 141 Å². The van der Waals surface area contributed by atoms with Crippen LogP contribution in [0.1, 0.15) is 27.9 Å². The van der Waals surface area contributed by atoms with E-state index < -0.39 is 0 Å². The maximum Gasteiger partial charge on any atom is 0.113 e. The van der Waals surface area contributed by atoms with Gasteiger partial charge in [0.25, 0.3) is 0 Å². The number of nitriles is 1. The molecule has 1 aromatic heterocycles. The molecule has 0 atom stereocenters. The average molecular weight is 304 g/mol. The Balaban J connectivity index is 1.96. The summed E-state index contributed by atoms with van der Waals surface area (Å²) in [6.07, 6.45) is 1.72. The standard InChI is InChI=1S/C22H12N2/c23-17-21-10-4-3-9-20(21)13-12-18-7-1-2-8-19(18)14-15-22-11-5-6-16-24-22/h1-11,16H. The molecule has 2 heteroatoms. The van der Waals surface area contributed by atoms with E-state index in [9.17, 15) is 0 Å². The first kappa shape index (κ1) is 15.1. The van der Waals surface area contributed by atoms with Crippen LogP contribution < -0.4 is 0 Å². The average Bonchev–Trinajstić information content (AvgIpc) is 2.66. The summed E-state index contributed by atoms with van der Waals surface area (Å²) in [5.41, 5.74) is 3.67. The fourth-order valence-electron chi connectivity index (χ4n) is 2.09. The third-order valence-electron chi connectivity index (χ3n) is 3.30. The smallest absolute Gasteiger partial charge is 0.113 e. The van der Waals surface area contributed by atoms with Crippen LogP contribution in [0.2, 0.25) is 0 Å². The van der Waals surface area contributed by atoms with Crippen LogP contribution in [0.25, 0.3) is 0 Å². The minimum absolute atomic E-state index is 0.571. The Morgan fingerprint density at radius 2 is 1.08 bits per heavy atom. The predicted octanol–water partition coefficient (Wildman–Crippen LogP) is 3.75. The summed E-state index contributed by atoms with van der Waals surface area (Å²) in [7, 11) is 0. The largest absolute Gasteiger partial charge is 0.248 e. The molecule has 0 saturated heterocycles. The van der Waals surface area contributed by atoms with Crippen LogP contribution >= 0.6 is 0 Å². The second-order valence-corrected chi connectivity index (χ2v) is 4.92. The van der Waals surface area contributed by atoms with Crippen molar-refractivity contribution >= 4 is 0 Å². The van der Waals surface area contributed by atoms with Gasteiger partial charge in [0.05, 0.1) is 5.56 Å². The number of nitrogens with zero attached hydrogens (tertiary/aromatic N) is 2. The fraction of sp³-hybridized carbons (Fsp3) is 0. The summed E-state index contributed by atoms with van der Waals surface area (Å²) < 4.78 is 0. The van der Waals surface area contributed by atoms with Crippen molar-refractivity contribution in [1.82, 2.24) is 4.98 Å². The number of rotatable bonds is 0. The lowest BCUT2D eigenvalue weighted by atomic mass is 10.1. The van der Waals surface area contributed by atoms with Crippen LogP contribution in [0.3, 0.4) is 0 Å². The maximum atomic E-state index is 9.13. The van der Waals surface area contributed by atoms with Gasteiger partial charge in [0.2, 0.25) is 0 Å². The molecule has 0 unspecified atom stereocenters. The van der Waals surface area contributed by atoms with Gasteiger partial charge in [-0.2, -0.15) is 5.26 Å². The van der Waals surface area contributed by atoms with Crippen molar-refractivity contribution in [1.29, 1.82) is 5.26 Å². The highest BCUT2D eigenvalue weighted by atomic mass is 14.6. The summed E-state index contributed by atoms with van der Waals surface area (Å²) in [6, 6.07) is 22.8. The van der Waals surface area contributed by atoms with Crippen LogP contribution in [-0.2, 0) is 0 Å². The molecule has 0 amide bonds. The number of pyridine rings is 1. The molecule has 0 spiro atoms. The second-order valence-electron chi connectivity index (χ2n) is 4.92. The van der Waals surface area contributed by atoms with Crippen molar-refractivity contribution in [2.75, 3.05) is 0 Å². The highest BCUT2D eigenvalue weighted by Crippen LogP contribution is 2.09. The van der Waals surface area contributed by atoms with E-state index in [1.165, 1.54) is 0 Å². The van der Waals surface area contributed by atoms with Crippen LogP contribution in [0.15, 0.2) is 72.9 Å². The molecule has 0 radical (unpaired) electrons. The van der Waals surface area contributed by atoms with Crippen molar-refractivity contribution < 1.29 is 0 Å². The third kappa shape index (κ3) is 3.69. The molecule has 0 fully saturated rings. The molecule has 3 rings (SSSR count). The monoisotopic (exact) mass is 304 g/mol. The van der Waals surface area contributed by atoms with Gasteiger partial charge in [-0.15, -0.1) is 0 Å². The van der Waals surface area contributed by atoms with Gasteiger partial charge in [0, 0.05) is 22.9 Å². The van der Waals surface area contributed by atoms with E-state index in [4.69, 9.17) is 5.26 Å². The summed E-state index contributed by atoms with van der Waals surface area (Å²) >= 11 is 0. The molecule has 0 aliphatic heterocycles. The summed E-state index contributed by atoms with van der Waals surface area (Å²) in [5.74, 6) is 12.3. The SMILES string of the molecule is N#Cc1ccccc1C#Cc1ccccc1C#Cc1ccccn1. The Morgan fingerprint density at radius 1 is 0.583 bits per heavy atom. The zero-order chi connectivity index (χ0) is 16.6. The number of benzene rings is 2. The second kappa shape index (κ2) is 7.46. The number of hydrogen-bond acceptors (Lipinski definition) is 2. The molecule has 2 nitrogen and oxygen atoms in total. The normalized spacial score (nSPS) is 8.96. The molecule has 2 aromatic carbocycles. The van der Waals surface area contributed by atoms with E-state index in [-0.39, 0.29) is 0 Å². The van der Waals surface area contributed by atoms with Crippen molar-refractivity contribution in [3.63, 3.8) is 0 Å². The van der Waals surface area contributed by atoms with E-state index >= 15 is 0 Å². The Bertz CT molecular complexity index is 1020. The highest BCUT2D eigenvalue weighted by molar-refractivity contribution is 5.56. The minimum Gasteiger partial charge on any atom is -0.248 e. The van der Waals surface area contributed by atoms with Gasteiger partial charge < -0.3 is 0 Å². The van der Waals surface area contributed by atoms with Crippen molar-refractivity contribution in [3.8, 4) is 29.8 Å².